The topological polar surface area (TPSA) is 62.5 Å². The first-order chi connectivity index (χ1) is 7.18. The van der Waals surface area contributed by atoms with E-state index in [9.17, 15) is 9.90 Å². The maximum Gasteiger partial charge on any atom is 0.254 e. The van der Waals surface area contributed by atoms with Crippen LogP contribution in [0.2, 0.25) is 0 Å². The van der Waals surface area contributed by atoms with Crippen LogP contribution in [0.25, 0.3) is 0 Å². The van der Waals surface area contributed by atoms with Gasteiger partial charge in [-0.2, -0.15) is 0 Å². The first-order valence-corrected chi connectivity index (χ1v) is 5.19. The molecule has 0 saturated heterocycles. The second kappa shape index (κ2) is 4.06. The molecule has 0 radical (unpaired) electrons. The normalized spacial score (nSPS) is 17.5. The van der Waals surface area contributed by atoms with Crippen LogP contribution in [-0.4, -0.2) is 23.7 Å². The predicted octanol–water partition coefficient (Wildman–Crippen LogP) is 1.09. The Morgan fingerprint density at radius 1 is 1.73 bits per heavy atom. The highest BCUT2D eigenvalue weighted by atomic mass is 16.3. The molecule has 1 aromatic rings. The smallest absolute Gasteiger partial charge is 0.254 e. The molecule has 1 saturated carbocycles. The van der Waals surface area contributed by atoms with E-state index in [-0.39, 0.29) is 5.91 Å². The Balaban J connectivity index is 1.84. The Kier molecular flexibility index (Phi) is 2.77. The quantitative estimate of drug-likeness (QED) is 0.780. The molecule has 15 heavy (non-hydrogen) atoms. The van der Waals surface area contributed by atoms with Crippen molar-refractivity contribution >= 4 is 5.91 Å². The van der Waals surface area contributed by atoms with E-state index >= 15 is 0 Å². The molecule has 0 aromatic carbocycles. The maximum absolute atomic E-state index is 11.6. The third kappa shape index (κ3) is 2.39. The molecule has 0 aliphatic heterocycles. The van der Waals surface area contributed by atoms with Crippen molar-refractivity contribution in [3.63, 3.8) is 0 Å². The van der Waals surface area contributed by atoms with Gasteiger partial charge in [-0.3, -0.25) is 4.79 Å². The number of carbonyl (C=O) groups is 1. The summed E-state index contributed by atoms with van der Waals surface area (Å²) in [6, 6.07) is 1.63. The van der Waals surface area contributed by atoms with E-state index in [0.717, 1.165) is 12.8 Å². The van der Waals surface area contributed by atoms with Gasteiger partial charge in [-0.15, -0.1) is 0 Å². The molecule has 0 bridgehead atoms. The number of nitrogens with one attached hydrogen (secondary N) is 1. The summed E-state index contributed by atoms with van der Waals surface area (Å²) in [7, 11) is 0. The summed E-state index contributed by atoms with van der Waals surface area (Å²) >= 11 is 0. The van der Waals surface area contributed by atoms with Crippen LogP contribution in [0.3, 0.4) is 0 Å². The SMILES string of the molecule is Cc1occc1C(=O)NCC(O)C1CC1. The van der Waals surface area contributed by atoms with E-state index < -0.39 is 6.10 Å². The van der Waals surface area contributed by atoms with Gasteiger partial charge in [0.15, 0.2) is 0 Å². The summed E-state index contributed by atoms with van der Waals surface area (Å²) in [5.74, 6) is 0.810. The molecule has 1 aliphatic carbocycles. The Morgan fingerprint density at radius 3 is 3.00 bits per heavy atom. The Labute approximate surface area is 88.3 Å². The fourth-order valence-electron chi connectivity index (χ4n) is 1.56. The van der Waals surface area contributed by atoms with Crippen molar-refractivity contribution in [3.8, 4) is 0 Å². The van der Waals surface area contributed by atoms with Crippen LogP contribution in [-0.2, 0) is 0 Å². The molecular weight excluding hydrogens is 194 g/mol. The monoisotopic (exact) mass is 209 g/mol. The number of aliphatic hydroxyl groups is 1. The molecule has 1 atom stereocenters. The molecule has 0 spiro atoms. The lowest BCUT2D eigenvalue weighted by molar-refractivity contribution is 0.0899. The maximum atomic E-state index is 11.6. The van der Waals surface area contributed by atoms with Crippen LogP contribution in [0.15, 0.2) is 16.7 Å². The first-order valence-electron chi connectivity index (χ1n) is 5.19. The molecule has 1 unspecified atom stereocenters. The molecule has 1 fully saturated rings. The van der Waals surface area contributed by atoms with Crippen molar-refractivity contribution in [2.45, 2.75) is 25.9 Å². The number of furan rings is 1. The molecule has 1 aliphatic rings. The third-order valence-corrected chi connectivity index (χ3v) is 2.74. The van der Waals surface area contributed by atoms with Gasteiger partial charge in [-0.05, 0) is 31.7 Å². The summed E-state index contributed by atoms with van der Waals surface area (Å²) in [6.07, 6.45) is 3.23. The molecule has 1 heterocycles. The first kappa shape index (κ1) is 10.2. The van der Waals surface area contributed by atoms with Crippen molar-refractivity contribution in [1.82, 2.24) is 5.32 Å². The zero-order chi connectivity index (χ0) is 10.8. The molecule has 2 rings (SSSR count). The molecule has 2 N–H and O–H groups in total. The number of hydrogen-bond donors (Lipinski definition) is 2. The van der Waals surface area contributed by atoms with Gasteiger partial charge in [0.25, 0.3) is 5.91 Å². The molecule has 4 heteroatoms. The number of aliphatic hydroxyl groups excluding tert-OH is 1. The largest absolute Gasteiger partial charge is 0.469 e. The van der Waals surface area contributed by atoms with Crippen molar-refractivity contribution in [2.24, 2.45) is 5.92 Å². The molecule has 82 valence electrons. The minimum absolute atomic E-state index is 0.180. The highest BCUT2D eigenvalue weighted by molar-refractivity contribution is 5.95. The van der Waals surface area contributed by atoms with Gasteiger partial charge in [-0.1, -0.05) is 0 Å². The van der Waals surface area contributed by atoms with E-state index in [1.54, 1.807) is 13.0 Å². The fourth-order valence-corrected chi connectivity index (χ4v) is 1.56. The summed E-state index contributed by atoms with van der Waals surface area (Å²) in [6.45, 7) is 2.07. The van der Waals surface area contributed by atoms with E-state index in [2.05, 4.69) is 5.32 Å². The van der Waals surface area contributed by atoms with Gasteiger partial charge in [0.1, 0.15) is 5.76 Å². The predicted molar refractivity (Wildman–Crippen MR) is 54.5 cm³/mol. The van der Waals surface area contributed by atoms with Crippen molar-refractivity contribution < 1.29 is 14.3 Å². The van der Waals surface area contributed by atoms with Gasteiger partial charge < -0.3 is 14.8 Å². The number of aryl methyl sites for hydroxylation is 1. The molecule has 1 aromatic heterocycles. The lowest BCUT2D eigenvalue weighted by Gasteiger charge is -2.09. The second-order valence-electron chi connectivity index (χ2n) is 4.01. The lowest BCUT2D eigenvalue weighted by Crippen LogP contribution is -2.33. The summed E-state index contributed by atoms with van der Waals surface area (Å²) < 4.78 is 5.03. The average molecular weight is 209 g/mol. The van der Waals surface area contributed by atoms with E-state index in [0.29, 0.717) is 23.8 Å². The molecule has 1 amide bonds. The minimum Gasteiger partial charge on any atom is -0.469 e. The van der Waals surface area contributed by atoms with Crippen LogP contribution in [0, 0.1) is 12.8 Å². The second-order valence-corrected chi connectivity index (χ2v) is 4.01. The number of amides is 1. The van der Waals surface area contributed by atoms with Gasteiger partial charge >= 0.3 is 0 Å². The average Bonchev–Trinajstić information content (AvgIpc) is 2.98. The standard InChI is InChI=1S/C11H15NO3/c1-7-9(4-5-15-7)11(14)12-6-10(13)8-2-3-8/h4-5,8,10,13H,2-3,6H2,1H3,(H,12,14). The van der Waals surface area contributed by atoms with Crippen molar-refractivity contribution in [2.75, 3.05) is 6.54 Å². The minimum atomic E-state index is -0.402. The van der Waals surface area contributed by atoms with E-state index in [4.69, 9.17) is 4.42 Å². The highest BCUT2D eigenvalue weighted by Crippen LogP contribution is 2.32. The summed E-state index contributed by atoms with van der Waals surface area (Å²) in [5, 5.41) is 12.3. The highest BCUT2D eigenvalue weighted by Gasteiger charge is 2.29. The Bertz CT molecular complexity index is 354. The number of carbonyl (C=O) groups excluding carboxylic acids is 1. The molecular formula is C11H15NO3. The summed E-state index contributed by atoms with van der Waals surface area (Å²) in [5.41, 5.74) is 0.540. The van der Waals surface area contributed by atoms with Crippen molar-refractivity contribution in [3.05, 3.63) is 23.7 Å². The van der Waals surface area contributed by atoms with Gasteiger partial charge in [-0.25, -0.2) is 0 Å². The number of hydrogen-bond acceptors (Lipinski definition) is 3. The van der Waals surface area contributed by atoms with E-state index in [1.165, 1.54) is 6.26 Å². The van der Waals surface area contributed by atoms with Crippen LogP contribution in [0.5, 0.6) is 0 Å². The van der Waals surface area contributed by atoms with Crippen molar-refractivity contribution in [1.29, 1.82) is 0 Å². The summed E-state index contributed by atoms with van der Waals surface area (Å²) in [4.78, 5) is 11.6. The fraction of sp³-hybridized carbons (Fsp3) is 0.545. The van der Waals surface area contributed by atoms with Gasteiger partial charge in [0, 0.05) is 6.54 Å². The Hall–Kier alpha value is -1.29. The Morgan fingerprint density at radius 2 is 2.47 bits per heavy atom. The zero-order valence-electron chi connectivity index (χ0n) is 8.69. The van der Waals surface area contributed by atoms with Gasteiger partial charge in [0.2, 0.25) is 0 Å². The van der Waals surface area contributed by atoms with Crippen LogP contribution in [0.1, 0.15) is 29.0 Å². The lowest BCUT2D eigenvalue weighted by atomic mass is 10.2. The van der Waals surface area contributed by atoms with Crippen LogP contribution in [0.4, 0.5) is 0 Å². The van der Waals surface area contributed by atoms with E-state index in [1.807, 2.05) is 0 Å². The van der Waals surface area contributed by atoms with Crippen LogP contribution < -0.4 is 5.32 Å². The molecule has 4 nitrogen and oxygen atoms in total. The number of rotatable bonds is 4. The van der Waals surface area contributed by atoms with Crippen LogP contribution >= 0.6 is 0 Å². The zero-order valence-corrected chi connectivity index (χ0v) is 8.69. The third-order valence-electron chi connectivity index (χ3n) is 2.74. The van der Waals surface area contributed by atoms with Gasteiger partial charge in [0.05, 0.1) is 17.9 Å².